The van der Waals surface area contributed by atoms with Gasteiger partial charge in [0.15, 0.2) is 11.5 Å². The molecule has 0 saturated carbocycles. The first kappa shape index (κ1) is 26.6. The van der Waals surface area contributed by atoms with Crippen molar-refractivity contribution in [3.8, 4) is 11.5 Å². The molecule has 10 nitrogen and oxygen atoms in total. The second-order valence-electron chi connectivity index (χ2n) is 8.28. The van der Waals surface area contributed by atoms with E-state index < -0.39 is 28.3 Å². The number of hydrogen-bond acceptors (Lipinski definition) is 7. The topological polar surface area (TPSA) is 126 Å². The van der Waals surface area contributed by atoms with Crippen LogP contribution in [0.25, 0.3) is 0 Å². The molecule has 198 valence electrons. The zero-order chi connectivity index (χ0) is 27.3. The van der Waals surface area contributed by atoms with Crippen molar-refractivity contribution in [3.63, 3.8) is 0 Å². The van der Waals surface area contributed by atoms with Crippen molar-refractivity contribution in [2.45, 2.75) is 18.7 Å². The third-order valence-corrected chi connectivity index (χ3v) is 7.24. The Kier molecular flexibility index (Phi) is 7.91. The number of sulfonamides is 1. The maximum absolute atomic E-state index is 13.6. The minimum atomic E-state index is -4.27. The Labute approximate surface area is 219 Å². The summed E-state index contributed by atoms with van der Waals surface area (Å²) in [5.74, 6) is -0.793. The first-order chi connectivity index (χ1) is 18.1. The summed E-state index contributed by atoms with van der Waals surface area (Å²) in [6.07, 6.45) is 0. The Morgan fingerprint density at radius 3 is 2.26 bits per heavy atom. The summed E-state index contributed by atoms with van der Waals surface area (Å²) in [4.78, 5) is 23.9. The van der Waals surface area contributed by atoms with Crippen LogP contribution in [-0.2, 0) is 19.6 Å². The number of nitrogens with zero attached hydrogens (tertiary/aromatic N) is 2. The first-order valence-corrected chi connectivity index (χ1v) is 13.0. The lowest BCUT2D eigenvalue weighted by atomic mass is 10.1. The number of hydrazone groups is 1. The number of anilines is 2. The molecule has 2 amide bonds. The Morgan fingerprint density at radius 2 is 1.61 bits per heavy atom. The summed E-state index contributed by atoms with van der Waals surface area (Å²) in [7, 11) is -4.27. The van der Waals surface area contributed by atoms with E-state index in [9.17, 15) is 22.4 Å². The lowest BCUT2D eigenvalue weighted by Gasteiger charge is -2.25. The SMILES string of the molecule is CC(=O)Nc1ccc(/C(C)=N\NC(=O)CN(c2ccc(F)cc2)S(=O)(=O)c2ccc3c(c2)OCCO3)cc1. The van der Waals surface area contributed by atoms with Crippen molar-refractivity contribution < 1.29 is 31.9 Å². The van der Waals surface area contributed by atoms with Crippen LogP contribution < -0.4 is 24.5 Å². The molecule has 1 aliphatic rings. The molecule has 0 unspecified atom stereocenters. The Bertz CT molecular complexity index is 1470. The molecule has 1 aliphatic heterocycles. The quantitative estimate of drug-likeness (QED) is 0.334. The van der Waals surface area contributed by atoms with Gasteiger partial charge < -0.3 is 14.8 Å². The third kappa shape index (κ3) is 6.27. The van der Waals surface area contributed by atoms with Crippen LogP contribution in [0.2, 0.25) is 0 Å². The van der Waals surface area contributed by atoms with Crippen molar-refractivity contribution in [2.75, 3.05) is 29.4 Å². The Balaban J connectivity index is 1.55. The molecule has 3 aromatic rings. The van der Waals surface area contributed by atoms with Gasteiger partial charge in [-0.25, -0.2) is 18.2 Å². The monoisotopic (exact) mass is 540 g/mol. The number of amides is 2. The molecule has 38 heavy (non-hydrogen) atoms. The number of ether oxygens (including phenoxy) is 2. The maximum Gasteiger partial charge on any atom is 0.264 e. The van der Waals surface area contributed by atoms with Gasteiger partial charge in [0.05, 0.1) is 16.3 Å². The van der Waals surface area contributed by atoms with Crippen molar-refractivity contribution in [1.82, 2.24) is 5.43 Å². The normalized spacial score (nSPS) is 13.0. The summed E-state index contributed by atoms with van der Waals surface area (Å²) in [6.45, 7) is 3.06. The molecule has 0 fully saturated rings. The summed E-state index contributed by atoms with van der Waals surface area (Å²) in [5.41, 5.74) is 4.20. The van der Waals surface area contributed by atoms with Gasteiger partial charge in [-0.15, -0.1) is 0 Å². The molecular weight excluding hydrogens is 515 g/mol. The summed E-state index contributed by atoms with van der Waals surface area (Å²) in [5, 5.41) is 6.73. The van der Waals surface area contributed by atoms with Crippen molar-refractivity contribution in [2.24, 2.45) is 5.10 Å². The summed E-state index contributed by atoms with van der Waals surface area (Å²) < 4.78 is 52.6. The number of carbonyl (C=O) groups is 2. The van der Waals surface area contributed by atoms with Gasteiger partial charge >= 0.3 is 0 Å². The van der Waals surface area contributed by atoms with Gasteiger partial charge in [-0.3, -0.25) is 13.9 Å². The van der Waals surface area contributed by atoms with Gasteiger partial charge in [-0.05, 0) is 61.0 Å². The van der Waals surface area contributed by atoms with Crippen LogP contribution in [0.4, 0.5) is 15.8 Å². The molecular formula is C26H25FN4O6S. The highest BCUT2D eigenvalue weighted by molar-refractivity contribution is 7.92. The fourth-order valence-corrected chi connectivity index (χ4v) is 5.05. The average Bonchev–Trinajstić information content (AvgIpc) is 2.90. The number of hydrogen-bond donors (Lipinski definition) is 2. The molecule has 0 bridgehead atoms. The standard InChI is InChI=1S/C26H25FN4O6S/c1-17(19-3-7-21(8-4-19)28-18(2)32)29-30-26(33)16-31(22-9-5-20(27)6-10-22)38(34,35)23-11-12-24-25(15-23)37-14-13-36-24/h3-12,15H,13-14,16H2,1-2H3,(H,28,32)(H,30,33)/b29-17-. The highest BCUT2D eigenvalue weighted by atomic mass is 32.2. The molecule has 0 atom stereocenters. The number of halogens is 1. The molecule has 1 heterocycles. The predicted molar refractivity (Wildman–Crippen MR) is 139 cm³/mol. The van der Waals surface area contributed by atoms with E-state index in [0.717, 1.165) is 16.4 Å². The van der Waals surface area contributed by atoms with E-state index >= 15 is 0 Å². The molecule has 0 aromatic heterocycles. The molecule has 4 rings (SSSR count). The minimum absolute atomic E-state index is 0.0886. The van der Waals surface area contributed by atoms with Crippen LogP contribution in [0.5, 0.6) is 11.5 Å². The number of carbonyl (C=O) groups excluding carboxylic acids is 2. The molecule has 0 radical (unpaired) electrons. The Hall–Kier alpha value is -4.45. The van der Waals surface area contributed by atoms with E-state index in [0.29, 0.717) is 29.3 Å². The second kappa shape index (κ2) is 11.3. The van der Waals surface area contributed by atoms with Gasteiger partial charge in [0.2, 0.25) is 5.91 Å². The van der Waals surface area contributed by atoms with Crippen LogP contribution in [0.3, 0.4) is 0 Å². The predicted octanol–water partition coefficient (Wildman–Crippen LogP) is 3.29. The van der Waals surface area contributed by atoms with Crippen LogP contribution in [-0.4, -0.2) is 45.7 Å². The number of nitrogens with one attached hydrogen (secondary N) is 2. The van der Waals surface area contributed by atoms with E-state index in [2.05, 4.69) is 15.8 Å². The fraction of sp³-hybridized carbons (Fsp3) is 0.192. The van der Waals surface area contributed by atoms with Crippen LogP contribution in [0, 0.1) is 5.82 Å². The van der Waals surface area contributed by atoms with Crippen molar-refractivity contribution in [3.05, 3.63) is 78.1 Å². The van der Waals surface area contributed by atoms with E-state index in [-0.39, 0.29) is 28.8 Å². The van der Waals surface area contributed by atoms with E-state index in [1.54, 1.807) is 31.2 Å². The zero-order valence-electron chi connectivity index (χ0n) is 20.6. The minimum Gasteiger partial charge on any atom is -0.486 e. The lowest BCUT2D eigenvalue weighted by molar-refractivity contribution is -0.119. The van der Waals surface area contributed by atoms with Crippen LogP contribution in [0.15, 0.2) is 76.7 Å². The number of benzene rings is 3. The number of fused-ring (bicyclic) bond motifs is 1. The van der Waals surface area contributed by atoms with E-state index in [1.165, 1.54) is 37.3 Å². The average molecular weight is 541 g/mol. The molecule has 0 saturated heterocycles. The molecule has 12 heteroatoms. The Morgan fingerprint density at radius 1 is 0.947 bits per heavy atom. The van der Waals surface area contributed by atoms with Gasteiger partial charge in [-0.2, -0.15) is 5.10 Å². The van der Waals surface area contributed by atoms with Crippen LogP contribution >= 0.6 is 0 Å². The van der Waals surface area contributed by atoms with Gasteiger partial charge in [0, 0.05) is 18.7 Å². The summed E-state index contributed by atoms with van der Waals surface area (Å²) in [6, 6.07) is 15.7. The highest BCUT2D eigenvalue weighted by Gasteiger charge is 2.29. The van der Waals surface area contributed by atoms with Crippen molar-refractivity contribution >= 4 is 38.9 Å². The van der Waals surface area contributed by atoms with Crippen LogP contribution in [0.1, 0.15) is 19.4 Å². The van der Waals surface area contributed by atoms with Gasteiger partial charge in [-0.1, -0.05) is 12.1 Å². The van der Waals surface area contributed by atoms with Gasteiger partial charge in [0.25, 0.3) is 15.9 Å². The smallest absolute Gasteiger partial charge is 0.264 e. The van der Waals surface area contributed by atoms with Gasteiger partial charge in [0.1, 0.15) is 25.6 Å². The third-order valence-electron chi connectivity index (χ3n) is 5.47. The van der Waals surface area contributed by atoms with E-state index in [1.807, 2.05) is 0 Å². The zero-order valence-corrected chi connectivity index (χ0v) is 21.4. The largest absolute Gasteiger partial charge is 0.486 e. The first-order valence-electron chi connectivity index (χ1n) is 11.5. The maximum atomic E-state index is 13.6. The molecule has 0 spiro atoms. The molecule has 0 aliphatic carbocycles. The highest BCUT2D eigenvalue weighted by Crippen LogP contribution is 2.34. The van der Waals surface area contributed by atoms with E-state index in [4.69, 9.17) is 9.47 Å². The fourth-order valence-electron chi connectivity index (χ4n) is 3.61. The number of rotatable bonds is 8. The lowest BCUT2D eigenvalue weighted by Crippen LogP contribution is -2.39. The molecule has 2 N–H and O–H groups in total. The molecule has 3 aromatic carbocycles. The second-order valence-corrected chi connectivity index (χ2v) is 10.1. The summed E-state index contributed by atoms with van der Waals surface area (Å²) >= 11 is 0. The van der Waals surface area contributed by atoms with Crippen molar-refractivity contribution in [1.29, 1.82) is 0 Å².